The third kappa shape index (κ3) is 8.29. The molecule has 0 radical (unpaired) electrons. The smallest absolute Gasteiger partial charge is 0.105 e. The van der Waals surface area contributed by atoms with Gasteiger partial charge in [-0.25, -0.2) is 0 Å². The number of benzene rings is 1. The second-order valence-corrected chi connectivity index (χ2v) is 8.44. The summed E-state index contributed by atoms with van der Waals surface area (Å²) in [6.07, 6.45) is 24.4. The molecule has 2 heteroatoms. The minimum absolute atomic E-state index is 0.508. The maximum absolute atomic E-state index is 2.60. The number of hydrogen-bond donors (Lipinski definition) is 0. The third-order valence-electron chi connectivity index (χ3n) is 6.01. The molecule has 0 aromatic heterocycles. The molecule has 1 aromatic carbocycles. The van der Waals surface area contributed by atoms with Crippen molar-refractivity contribution >= 4 is 5.69 Å². The van der Waals surface area contributed by atoms with E-state index in [9.17, 15) is 0 Å². The first-order chi connectivity index (χ1) is 13.9. The molecule has 1 aliphatic rings. The van der Waals surface area contributed by atoms with Crippen LogP contribution in [0.15, 0.2) is 42.7 Å². The van der Waals surface area contributed by atoms with Crippen molar-refractivity contribution in [1.82, 2.24) is 4.90 Å². The zero-order valence-corrected chi connectivity index (χ0v) is 18.6. The fourth-order valence-corrected chi connectivity index (χ4v) is 4.26. The lowest BCUT2D eigenvalue weighted by molar-refractivity contribution is 0.273. The molecule has 0 saturated carbocycles. The summed E-state index contributed by atoms with van der Waals surface area (Å²) in [4.78, 5) is 5.09. The molecule has 1 unspecified atom stereocenters. The number of unbranched alkanes of at least 4 members (excludes halogenated alkanes) is 11. The van der Waals surface area contributed by atoms with E-state index in [2.05, 4.69) is 66.4 Å². The number of anilines is 1. The van der Waals surface area contributed by atoms with Crippen molar-refractivity contribution in [1.29, 1.82) is 0 Å². The monoisotopic (exact) mass is 384 g/mol. The van der Waals surface area contributed by atoms with Crippen molar-refractivity contribution in [3.8, 4) is 0 Å². The van der Waals surface area contributed by atoms with E-state index in [1.165, 1.54) is 102 Å². The van der Waals surface area contributed by atoms with Crippen molar-refractivity contribution < 1.29 is 0 Å². The van der Waals surface area contributed by atoms with Crippen molar-refractivity contribution in [3.63, 3.8) is 0 Å². The van der Waals surface area contributed by atoms with E-state index in [0.29, 0.717) is 6.17 Å². The highest BCUT2D eigenvalue weighted by Gasteiger charge is 2.26. The van der Waals surface area contributed by atoms with Crippen molar-refractivity contribution in [2.24, 2.45) is 0 Å². The molecular weight excluding hydrogens is 340 g/mol. The van der Waals surface area contributed by atoms with Crippen LogP contribution in [0.2, 0.25) is 0 Å². The maximum atomic E-state index is 2.60. The van der Waals surface area contributed by atoms with E-state index in [4.69, 9.17) is 0 Å². The summed E-state index contributed by atoms with van der Waals surface area (Å²) < 4.78 is 0. The Labute approximate surface area is 175 Å². The van der Waals surface area contributed by atoms with Crippen LogP contribution in [0.4, 0.5) is 5.69 Å². The molecule has 1 aromatic rings. The molecule has 28 heavy (non-hydrogen) atoms. The summed E-state index contributed by atoms with van der Waals surface area (Å²) in [7, 11) is 0. The number of hydrogen-bond acceptors (Lipinski definition) is 2. The quantitative estimate of drug-likeness (QED) is 0.266. The van der Waals surface area contributed by atoms with Crippen LogP contribution in [-0.2, 0) is 0 Å². The Kier molecular flexibility index (Phi) is 11.9. The van der Waals surface area contributed by atoms with Gasteiger partial charge in [0, 0.05) is 24.6 Å². The van der Waals surface area contributed by atoms with Crippen LogP contribution in [0.5, 0.6) is 0 Å². The first kappa shape index (κ1) is 22.8. The van der Waals surface area contributed by atoms with E-state index >= 15 is 0 Å². The molecule has 0 fully saturated rings. The standard InChI is InChI=1S/C26H44N2/c1-3-5-7-9-10-11-12-17-21-26-27(22-18-13-8-6-4-2)23-24-28(26)25-19-15-14-16-20-25/h14-16,19-20,23-24,26H,3-13,17-18,21-22H2,1-2H3. The Morgan fingerprint density at radius 3 is 1.86 bits per heavy atom. The molecule has 2 rings (SSSR count). The highest BCUT2D eigenvalue weighted by atomic mass is 15.4. The lowest BCUT2D eigenvalue weighted by atomic mass is 10.1. The van der Waals surface area contributed by atoms with Gasteiger partial charge < -0.3 is 9.80 Å². The minimum atomic E-state index is 0.508. The van der Waals surface area contributed by atoms with E-state index in [-0.39, 0.29) is 0 Å². The molecule has 0 saturated heterocycles. The summed E-state index contributed by atoms with van der Waals surface area (Å²) >= 11 is 0. The van der Waals surface area contributed by atoms with Gasteiger partial charge in [-0.15, -0.1) is 0 Å². The summed E-state index contributed by atoms with van der Waals surface area (Å²) in [5.74, 6) is 0. The molecule has 0 aliphatic carbocycles. The van der Waals surface area contributed by atoms with Gasteiger partial charge in [0.25, 0.3) is 0 Å². The first-order valence-electron chi connectivity index (χ1n) is 12.1. The maximum Gasteiger partial charge on any atom is 0.105 e. The fraction of sp³-hybridized carbons (Fsp3) is 0.692. The summed E-state index contributed by atoms with van der Waals surface area (Å²) in [5, 5.41) is 0. The van der Waals surface area contributed by atoms with E-state index in [1.807, 2.05) is 0 Å². The molecule has 0 spiro atoms. The number of para-hydroxylation sites is 1. The molecule has 1 atom stereocenters. The van der Waals surface area contributed by atoms with Gasteiger partial charge in [0.2, 0.25) is 0 Å². The second kappa shape index (κ2) is 14.5. The first-order valence-corrected chi connectivity index (χ1v) is 12.1. The van der Waals surface area contributed by atoms with Gasteiger partial charge >= 0.3 is 0 Å². The lowest BCUT2D eigenvalue weighted by Crippen LogP contribution is -2.39. The molecular formula is C26H44N2. The lowest BCUT2D eigenvalue weighted by Gasteiger charge is -2.33. The van der Waals surface area contributed by atoms with Crippen LogP contribution >= 0.6 is 0 Å². The molecule has 0 bridgehead atoms. The minimum Gasteiger partial charge on any atom is -0.356 e. The van der Waals surface area contributed by atoms with Crippen LogP contribution < -0.4 is 4.90 Å². The Morgan fingerprint density at radius 2 is 1.21 bits per heavy atom. The van der Waals surface area contributed by atoms with Crippen LogP contribution in [0.1, 0.15) is 104 Å². The molecule has 2 nitrogen and oxygen atoms in total. The Morgan fingerprint density at radius 1 is 0.643 bits per heavy atom. The van der Waals surface area contributed by atoms with Gasteiger partial charge in [-0.3, -0.25) is 0 Å². The third-order valence-corrected chi connectivity index (χ3v) is 6.01. The largest absolute Gasteiger partial charge is 0.356 e. The fourth-order valence-electron chi connectivity index (χ4n) is 4.26. The predicted octanol–water partition coefficient (Wildman–Crippen LogP) is 8.11. The van der Waals surface area contributed by atoms with Crippen molar-refractivity contribution in [2.75, 3.05) is 11.4 Å². The Bertz CT molecular complexity index is 510. The van der Waals surface area contributed by atoms with Crippen molar-refractivity contribution in [3.05, 3.63) is 42.7 Å². The highest BCUT2D eigenvalue weighted by molar-refractivity contribution is 5.51. The van der Waals surface area contributed by atoms with Gasteiger partial charge in [0.1, 0.15) is 6.17 Å². The van der Waals surface area contributed by atoms with Gasteiger partial charge in [0.05, 0.1) is 0 Å². The van der Waals surface area contributed by atoms with Crippen LogP contribution in [0.25, 0.3) is 0 Å². The van der Waals surface area contributed by atoms with Crippen molar-refractivity contribution in [2.45, 2.75) is 110 Å². The zero-order valence-electron chi connectivity index (χ0n) is 18.6. The van der Waals surface area contributed by atoms with E-state index in [0.717, 1.165) is 0 Å². The Hall–Kier alpha value is -1.44. The molecule has 1 heterocycles. The SMILES string of the molecule is CCCCCCCCCCC1N(CCCCCCC)C=CN1c1ccccc1. The summed E-state index contributed by atoms with van der Waals surface area (Å²) in [6, 6.07) is 10.9. The van der Waals surface area contributed by atoms with E-state index in [1.54, 1.807) is 0 Å². The average molecular weight is 385 g/mol. The van der Waals surface area contributed by atoms with E-state index < -0.39 is 0 Å². The normalized spacial score (nSPS) is 16.3. The molecule has 158 valence electrons. The van der Waals surface area contributed by atoms with Crippen LogP contribution in [-0.4, -0.2) is 17.6 Å². The van der Waals surface area contributed by atoms with Gasteiger partial charge in [-0.2, -0.15) is 0 Å². The molecule has 1 aliphatic heterocycles. The number of rotatable bonds is 16. The van der Waals surface area contributed by atoms with Gasteiger partial charge in [-0.05, 0) is 31.4 Å². The average Bonchev–Trinajstić information content (AvgIpc) is 3.13. The van der Waals surface area contributed by atoms with Gasteiger partial charge in [-0.1, -0.05) is 103 Å². The molecule has 0 amide bonds. The highest BCUT2D eigenvalue weighted by Crippen LogP contribution is 2.28. The molecule has 0 N–H and O–H groups in total. The predicted molar refractivity (Wildman–Crippen MR) is 125 cm³/mol. The summed E-state index contributed by atoms with van der Waals surface area (Å²) in [6.45, 7) is 5.79. The van der Waals surface area contributed by atoms with Crippen LogP contribution in [0.3, 0.4) is 0 Å². The van der Waals surface area contributed by atoms with Gasteiger partial charge in [0.15, 0.2) is 0 Å². The number of nitrogens with zero attached hydrogens (tertiary/aromatic N) is 2. The summed E-state index contributed by atoms with van der Waals surface area (Å²) in [5.41, 5.74) is 1.33. The topological polar surface area (TPSA) is 6.48 Å². The zero-order chi connectivity index (χ0) is 19.9. The van der Waals surface area contributed by atoms with Crippen LogP contribution in [0, 0.1) is 0 Å². The second-order valence-electron chi connectivity index (χ2n) is 8.44. The Balaban J connectivity index is 1.77.